The van der Waals surface area contributed by atoms with Gasteiger partial charge in [-0.05, 0) is 49.6 Å². The van der Waals surface area contributed by atoms with E-state index in [0.29, 0.717) is 41.0 Å². The van der Waals surface area contributed by atoms with Gasteiger partial charge >= 0.3 is 0 Å². The van der Waals surface area contributed by atoms with E-state index in [-0.39, 0.29) is 10.7 Å². The highest BCUT2D eigenvalue weighted by Gasteiger charge is 2.19. The van der Waals surface area contributed by atoms with Crippen LogP contribution in [0.3, 0.4) is 0 Å². The Hall–Kier alpha value is -2.82. The van der Waals surface area contributed by atoms with Crippen molar-refractivity contribution in [3.63, 3.8) is 0 Å². The van der Waals surface area contributed by atoms with Crippen LogP contribution in [0.5, 0.6) is 5.75 Å². The van der Waals surface area contributed by atoms with Crippen molar-refractivity contribution in [3.8, 4) is 5.75 Å². The Kier molecular flexibility index (Phi) is 8.32. The fourth-order valence-electron chi connectivity index (χ4n) is 2.98. The molecule has 2 N–H and O–H groups in total. The van der Waals surface area contributed by atoms with E-state index in [0.717, 1.165) is 18.4 Å². The average molecular weight is 475 g/mol. The fraction of sp³-hybridized carbons (Fsp3) is 0.318. The summed E-state index contributed by atoms with van der Waals surface area (Å²) >= 11 is 1.29. The summed E-state index contributed by atoms with van der Waals surface area (Å²) in [5.41, 5.74) is 1.25. The van der Waals surface area contributed by atoms with Crippen molar-refractivity contribution in [2.45, 2.75) is 31.1 Å². The molecule has 0 radical (unpaired) electrons. The number of carbonyl (C=O) groups is 1. The smallest absolute Gasteiger partial charge is 0.244 e. The van der Waals surface area contributed by atoms with Crippen LogP contribution in [0.2, 0.25) is 0 Å². The molecule has 1 aromatic carbocycles. The first-order valence-electron chi connectivity index (χ1n) is 10.2. The maximum absolute atomic E-state index is 12.6. The van der Waals surface area contributed by atoms with Crippen LogP contribution in [-0.2, 0) is 10.0 Å². The number of unbranched alkanes of at least 4 members (excludes halogenated alkanes) is 2. The second kappa shape index (κ2) is 11.2. The summed E-state index contributed by atoms with van der Waals surface area (Å²) in [5, 5.41) is 3.88. The zero-order valence-corrected chi connectivity index (χ0v) is 19.6. The van der Waals surface area contributed by atoms with E-state index in [2.05, 4.69) is 20.0 Å². The monoisotopic (exact) mass is 474 g/mol. The van der Waals surface area contributed by atoms with Gasteiger partial charge in [0.05, 0.1) is 18.2 Å². The van der Waals surface area contributed by atoms with E-state index < -0.39 is 10.0 Å². The van der Waals surface area contributed by atoms with Crippen molar-refractivity contribution in [1.29, 1.82) is 0 Å². The summed E-state index contributed by atoms with van der Waals surface area (Å²) < 4.78 is 32.9. The number of aromatic nitrogens is 2. The van der Waals surface area contributed by atoms with Gasteiger partial charge in [0.2, 0.25) is 15.8 Å². The summed E-state index contributed by atoms with van der Waals surface area (Å²) in [7, 11) is -2.17. The van der Waals surface area contributed by atoms with Crippen LogP contribution < -0.4 is 14.8 Å². The van der Waals surface area contributed by atoms with Gasteiger partial charge in [-0.1, -0.05) is 29.9 Å². The van der Waals surface area contributed by atoms with E-state index in [1.807, 2.05) is 13.0 Å². The Labute approximate surface area is 192 Å². The minimum absolute atomic E-state index is 0.145. The van der Waals surface area contributed by atoms with E-state index in [4.69, 9.17) is 4.74 Å². The van der Waals surface area contributed by atoms with Gasteiger partial charge in [0.15, 0.2) is 5.13 Å². The van der Waals surface area contributed by atoms with Gasteiger partial charge in [-0.2, -0.15) is 0 Å². The molecule has 0 fully saturated rings. The van der Waals surface area contributed by atoms with E-state index in [1.54, 1.807) is 42.7 Å². The largest absolute Gasteiger partial charge is 0.495 e. The first-order chi connectivity index (χ1) is 15.4. The third-order valence-corrected chi connectivity index (χ3v) is 7.09. The van der Waals surface area contributed by atoms with Crippen molar-refractivity contribution in [3.05, 3.63) is 64.9 Å². The third kappa shape index (κ3) is 6.35. The lowest BCUT2D eigenvalue weighted by atomic mass is 10.2. The molecular formula is C22H26N4O4S2. The van der Waals surface area contributed by atoms with Gasteiger partial charge in [0.1, 0.15) is 16.3 Å². The van der Waals surface area contributed by atoms with Crippen LogP contribution in [0, 0.1) is 6.92 Å². The molecule has 32 heavy (non-hydrogen) atoms. The minimum Gasteiger partial charge on any atom is -0.495 e. The number of nitrogens with zero attached hydrogens (tertiary/aromatic N) is 2. The zero-order valence-electron chi connectivity index (χ0n) is 18.0. The summed E-state index contributed by atoms with van der Waals surface area (Å²) in [6, 6.07) is 10.3. The number of hydrogen-bond donors (Lipinski definition) is 2. The normalized spacial score (nSPS) is 11.3. The van der Waals surface area contributed by atoms with E-state index in [1.165, 1.54) is 18.4 Å². The Morgan fingerprint density at radius 3 is 2.66 bits per heavy atom. The molecule has 0 bridgehead atoms. The van der Waals surface area contributed by atoms with Crippen LogP contribution in [0.1, 0.15) is 40.2 Å². The molecule has 0 spiro atoms. The second-order valence-corrected chi connectivity index (χ2v) is 9.88. The number of methoxy groups -OCH3 is 1. The average Bonchev–Trinajstić information content (AvgIpc) is 3.27. The van der Waals surface area contributed by atoms with Gasteiger partial charge in [0, 0.05) is 19.3 Å². The molecule has 0 saturated heterocycles. The molecule has 2 heterocycles. The number of anilines is 1. The van der Waals surface area contributed by atoms with Crippen LogP contribution in [-0.4, -0.2) is 44.4 Å². The van der Waals surface area contributed by atoms with Crippen molar-refractivity contribution < 1.29 is 17.9 Å². The molecule has 0 atom stereocenters. The fourth-order valence-corrected chi connectivity index (χ4v) is 5.10. The first kappa shape index (κ1) is 23.8. The molecule has 2 aromatic heterocycles. The molecular weight excluding hydrogens is 448 g/mol. The maximum Gasteiger partial charge on any atom is 0.244 e. The van der Waals surface area contributed by atoms with Crippen LogP contribution in [0.15, 0.2) is 53.7 Å². The van der Waals surface area contributed by atoms with Crippen molar-refractivity contribution in [2.24, 2.45) is 0 Å². The number of rotatable bonds is 12. The molecule has 3 aromatic rings. The predicted octanol–water partition coefficient (Wildman–Crippen LogP) is 3.65. The standard InChI is InChI=1S/C22H26N4O4S2/c1-16-9-10-18(30-2)20(14-16)32(28,29)26-13-6-3-5-12-24-22-25-15-19(31-22)21(27)17-8-4-7-11-23-17/h4,7-11,14-15,26H,3,5-6,12-13H2,1-2H3,(H,24,25). The molecule has 8 nitrogen and oxygen atoms in total. The number of ketones is 1. The Morgan fingerprint density at radius 2 is 1.91 bits per heavy atom. The number of sulfonamides is 1. The van der Waals surface area contributed by atoms with Gasteiger partial charge in [-0.3, -0.25) is 9.78 Å². The highest BCUT2D eigenvalue weighted by molar-refractivity contribution is 7.89. The summed E-state index contributed by atoms with van der Waals surface area (Å²) in [6.45, 7) is 2.87. The van der Waals surface area contributed by atoms with Gasteiger partial charge in [0.25, 0.3) is 0 Å². The highest BCUT2D eigenvalue weighted by Crippen LogP contribution is 2.24. The van der Waals surface area contributed by atoms with Gasteiger partial charge < -0.3 is 10.1 Å². The van der Waals surface area contributed by atoms with Gasteiger partial charge in [-0.25, -0.2) is 18.1 Å². The molecule has 10 heteroatoms. The van der Waals surface area contributed by atoms with Crippen LogP contribution >= 0.6 is 11.3 Å². The number of nitrogens with one attached hydrogen (secondary N) is 2. The predicted molar refractivity (Wildman–Crippen MR) is 125 cm³/mol. The lowest BCUT2D eigenvalue weighted by Crippen LogP contribution is -2.25. The SMILES string of the molecule is COc1ccc(C)cc1S(=O)(=O)NCCCCCNc1ncc(C(=O)c2ccccn2)s1. The number of thiazole rings is 1. The zero-order chi connectivity index (χ0) is 23.0. The number of carbonyl (C=O) groups excluding carboxylic acids is 1. The maximum atomic E-state index is 12.6. The van der Waals surface area contributed by atoms with E-state index in [9.17, 15) is 13.2 Å². The molecule has 0 aliphatic rings. The van der Waals surface area contributed by atoms with Crippen molar-refractivity contribution in [2.75, 3.05) is 25.5 Å². The number of benzene rings is 1. The molecule has 0 amide bonds. The summed E-state index contributed by atoms with van der Waals surface area (Å²) in [4.78, 5) is 21.4. The Morgan fingerprint density at radius 1 is 1.09 bits per heavy atom. The van der Waals surface area contributed by atoms with E-state index >= 15 is 0 Å². The lowest BCUT2D eigenvalue weighted by Gasteiger charge is -2.11. The van der Waals surface area contributed by atoms with Gasteiger partial charge in [-0.15, -0.1) is 0 Å². The molecule has 3 rings (SSSR count). The van der Waals surface area contributed by atoms with Crippen molar-refractivity contribution >= 4 is 32.3 Å². The summed E-state index contributed by atoms with van der Waals surface area (Å²) in [6.07, 6.45) is 5.53. The molecule has 170 valence electrons. The number of pyridine rings is 1. The number of aryl methyl sites for hydroxylation is 1. The quantitative estimate of drug-likeness (QED) is 0.304. The second-order valence-electron chi connectivity index (χ2n) is 7.11. The highest BCUT2D eigenvalue weighted by atomic mass is 32.2. The van der Waals surface area contributed by atoms with Crippen LogP contribution in [0.4, 0.5) is 5.13 Å². The minimum atomic E-state index is -3.63. The number of hydrogen-bond acceptors (Lipinski definition) is 8. The molecule has 0 saturated carbocycles. The van der Waals surface area contributed by atoms with Crippen molar-refractivity contribution in [1.82, 2.24) is 14.7 Å². The summed E-state index contributed by atoms with van der Waals surface area (Å²) in [5.74, 6) is 0.185. The molecule has 0 aliphatic heterocycles. The molecule has 0 unspecified atom stereocenters. The first-order valence-corrected chi connectivity index (χ1v) is 12.5. The molecule has 0 aliphatic carbocycles. The van der Waals surface area contributed by atoms with Crippen LogP contribution in [0.25, 0.3) is 0 Å². The third-order valence-electron chi connectivity index (χ3n) is 4.66. The lowest BCUT2D eigenvalue weighted by molar-refractivity contribution is 0.103. The Balaban J connectivity index is 1.38. The number of ether oxygens (including phenoxy) is 1. The Bertz CT molecular complexity index is 1150. The topological polar surface area (TPSA) is 110 Å².